The topological polar surface area (TPSA) is 72.4 Å². The Labute approximate surface area is 138 Å². The van der Waals surface area contributed by atoms with E-state index in [0.29, 0.717) is 5.17 Å². The monoisotopic (exact) mass is 330 g/mol. The van der Waals surface area contributed by atoms with Gasteiger partial charge in [0.25, 0.3) is 0 Å². The molecule has 1 amide bonds. The van der Waals surface area contributed by atoms with E-state index in [1.165, 1.54) is 6.08 Å². The minimum absolute atomic E-state index is 0.166. The standard InChI is InChI=1S/C16H18N4O2S/c1-10-8-13(4-5-15(21)18-16-17-6-7-23-16)12(3)20(10)14-9-11(2)22-19-14/h4-5,8-9H,6-7H2,1-3H3,(H,17,18,21)/b5-4+. The van der Waals surface area contributed by atoms with E-state index in [2.05, 4.69) is 15.5 Å². The van der Waals surface area contributed by atoms with Crippen molar-refractivity contribution in [3.05, 3.63) is 40.9 Å². The third kappa shape index (κ3) is 3.39. The molecule has 0 unspecified atom stereocenters. The van der Waals surface area contributed by atoms with Gasteiger partial charge in [-0.25, -0.2) is 0 Å². The lowest BCUT2D eigenvalue weighted by atomic mass is 10.2. The van der Waals surface area contributed by atoms with Gasteiger partial charge in [0.2, 0.25) is 5.91 Å². The van der Waals surface area contributed by atoms with Crippen molar-refractivity contribution in [3.63, 3.8) is 0 Å². The first-order valence-electron chi connectivity index (χ1n) is 7.33. The second kappa shape index (κ2) is 6.45. The number of hydrogen-bond acceptors (Lipinski definition) is 5. The predicted molar refractivity (Wildman–Crippen MR) is 92.0 cm³/mol. The van der Waals surface area contributed by atoms with Gasteiger partial charge in [-0.15, -0.1) is 0 Å². The van der Waals surface area contributed by atoms with Crippen molar-refractivity contribution >= 4 is 28.9 Å². The smallest absolute Gasteiger partial charge is 0.249 e. The van der Waals surface area contributed by atoms with E-state index in [4.69, 9.17) is 4.52 Å². The molecule has 3 rings (SSSR count). The van der Waals surface area contributed by atoms with Gasteiger partial charge in [0.15, 0.2) is 11.0 Å². The van der Waals surface area contributed by atoms with Gasteiger partial charge in [-0.1, -0.05) is 16.9 Å². The summed E-state index contributed by atoms with van der Waals surface area (Å²) in [6.07, 6.45) is 3.34. The van der Waals surface area contributed by atoms with Gasteiger partial charge >= 0.3 is 0 Å². The zero-order chi connectivity index (χ0) is 16.4. The van der Waals surface area contributed by atoms with Crippen molar-refractivity contribution in [2.75, 3.05) is 12.3 Å². The molecule has 0 atom stereocenters. The molecule has 2 aromatic rings. The molecule has 1 aliphatic rings. The summed E-state index contributed by atoms with van der Waals surface area (Å²) in [6, 6.07) is 3.90. The Balaban J connectivity index is 1.78. The Morgan fingerprint density at radius 1 is 1.39 bits per heavy atom. The molecule has 1 N–H and O–H groups in total. The highest BCUT2D eigenvalue weighted by atomic mass is 32.2. The molecule has 0 spiro atoms. The highest BCUT2D eigenvalue weighted by molar-refractivity contribution is 8.14. The zero-order valence-electron chi connectivity index (χ0n) is 13.3. The van der Waals surface area contributed by atoms with E-state index >= 15 is 0 Å². The molecule has 120 valence electrons. The molecule has 0 fully saturated rings. The van der Waals surface area contributed by atoms with E-state index in [1.807, 2.05) is 37.5 Å². The van der Waals surface area contributed by atoms with Crippen LogP contribution in [0.4, 0.5) is 0 Å². The molecule has 0 aliphatic carbocycles. The van der Waals surface area contributed by atoms with Crippen LogP contribution in [-0.2, 0) is 4.79 Å². The molecule has 0 saturated heterocycles. The zero-order valence-corrected chi connectivity index (χ0v) is 14.1. The van der Waals surface area contributed by atoms with Crippen molar-refractivity contribution in [2.45, 2.75) is 20.8 Å². The molecule has 2 aromatic heterocycles. The van der Waals surface area contributed by atoms with Crippen LogP contribution in [0.1, 0.15) is 22.7 Å². The number of aliphatic imine (C=N–C) groups is 1. The number of hydrogen-bond donors (Lipinski definition) is 1. The van der Waals surface area contributed by atoms with Crippen LogP contribution in [0.3, 0.4) is 0 Å². The van der Waals surface area contributed by atoms with Gasteiger partial charge in [0.1, 0.15) is 5.76 Å². The summed E-state index contributed by atoms with van der Waals surface area (Å²) < 4.78 is 7.15. The van der Waals surface area contributed by atoms with Crippen LogP contribution in [0.5, 0.6) is 0 Å². The summed E-state index contributed by atoms with van der Waals surface area (Å²) >= 11 is 1.56. The third-order valence-corrected chi connectivity index (χ3v) is 4.44. The lowest BCUT2D eigenvalue weighted by Gasteiger charge is -2.04. The van der Waals surface area contributed by atoms with Gasteiger partial charge < -0.3 is 9.84 Å². The Bertz CT molecular complexity index is 801. The van der Waals surface area contributed by atoms with Crippen molar-refractivity contribution in [1.29, 1.82) is 0 Å². The lowest BCUT2D eigenvalue weighted by molar-refractivity contribution is -0.115. The Morgan fingerprint density at radius 3 is 2.87 bits per heavy atom. The van der Waals surface area contributed by atoms with E-state index in [1.54, 1.807) is 17.8 Å². The maximum atomic E-state index is 11.9. The maximum absolute atomic E-state index is 11.9. The number of amides is 1. The quantitative estimate of drug-likeness (QED) is 0.878. The van der Waals surface area contributed by atoms with Crippen molar-refractivity contribution in [2.24, 2.45) is 4.99 Å². The predicted octanol–water partition coefficient (Wildman–Crippen LogP) is 2.62. The van der Waals surface area contributed by atoms with Gasteiger partial charge in [-0.05, 0) is 38.5 Å². The Morgan fingerprint density at radius 2 is 2.22 bits per heavy atom. The molecule has 7 heteroatoms. The van der Waals surface area contributed by atoms with Crippen LogP contribution < -0.4 is 5.32 Å². The first kappa shape index (κ1) is 15.6. The second-order valence-electron chi connectivity index (χ2n) is 5.32. The number of nitrogens with one attached hydrogen (secondary N) is 1. The Hall–Kier alpha value is -2.28. The Kier molecular flexibility index (Phi) is 4.38. The number of aryl methyl sites for hydroxylation is 2. The molecule has 0 bridgehead atoms. The van der Waals surface area contributed by atoms with Crippen molar-refractivity contribution in [1.82, 2.24) is 15.0 Å². The average Bonchev–Trinajstić information content (AvgIpc) is 3.20. The van der Waals surface area contributed by atoms with Crippen molar-refractivity contribution < 1.29 is 9.32 Å². The molecule has 6 nitrogen and oxygen atoms in total. The van der Waals surface area contributed by atoms with E-state index in [-0.39, 0.29) is 5.91 Å². The molecule has 3 heterocycles. The largest absolute Gasteiger partial charge is 0.360 e. The minimum Gasteiger partial charge on any atom is -0.360 e. The SMILES string of the molecule is Cc1cc(-n2c(C)cc(/C=C/C(=O)NC3=NCCS3)c2C)no1. The van der Waals surface area contributed by atoms with Gasteiger partial charge in [0, 0.05) is 29.3 Å². The maximum Gasteiger partial charge on any atom is 0.249 e. The van der Waals surface area contributed by atoms with Crippen LogP contribution >= 0.6 is 11.8 Å². The number of carbonyl (C=O) groups excluding carboxylic acids is 1. The number of amidine groups is 1. The van der Waals surface area contributed by atoms with Gasteiger partial charge in [-0.2, -0.15) is 0 Å². The van der Waals surface area contributed by atoms with Crippen LogP contribution in [0, 0.1) is 20.8 Å². The summed E-state index contributed by atoms with van der Waals surface area (Å²) in [5, 5.41) is 7.53. The van der Waals surface area contributed by atoms with Crippen LogP contribution in [0.2, 0.25) is 0 Å². The van der Waals surface area contributed by atoms with Crippen LogP contribution in [-0.4, -0.2) is 33.1 Å². The summed E-state index contributed by atoms with van der Waals surface area (Å²) in [4.78, 5) is 16.1. The molecular formula is C16H18N4O2S. The number of thioether (sulfide) groups is 1. The van der Waals surface area contributed by atoms with Gasteiger partial charge in [-0.3, -0.25) is 14.4 Å². The van der Waals surface area contributed by atoms with Crippen LogP contribution in [0.25, 0.3) is 11.9 Å². The molecular weight excluding hydrogens is 312 g/mol. The van der Waals surface area contributed by atoms with Crippen molar-refractivity contribution in [3.8, 4) is 5.82 Å². The third-order valence-electron chi connectivity index (χ3n) is 3.54. The van der Waals surface area contributed by atoms with Crippen LogP contribution in [0.15, 0.2) is 27.7 Å². The normalized spacial score (nSPS) is 14.5. The highest BCUT2D eigenvalue weighted by Crippen LogP contribution is 2.21. The van der Waals surface area contributed by atoms with Gasteiger partial charge in [0.05, 0.1) is 6.54 Å². The summed E-state index contributed by atoms with van der Waals surface area (Å²) in [5.41, 5.74) is 3.01. The highest BCUT2D eigenvalue weighted by Gasteiger charge is 2.13. The molecule has 0 saturated carbocycles. The molecule has 0 aromatic carbocycles. The molecule has 23 heavy (non-hydrogen) atoms. The van der Waals surface area contributed by atoms with E-state index in [0.717, 1.165) is 40.8 Å². The fraction of sp³-hybridized carbons (Fsp3) is 0.312. The van der Waals surface area contributed by atoms with E-state index < -0.39 is 0 Å². The fourth-order valence-electron chi connectivity index (χ4n) is 2.49. The summed E-state index contributed by atoms with van der Waals surface area (Å²) in [7, 11) is 0. The molecule has 1 aliphatic heterocycles. The lowest BCUT2D eigenvalue weighted by Crippen LogP contribution is -2.25. The summed E-state index contributed by atoms with van der Waals surface area (Å²) in [5.74, 6) is 2.27. The first-order valence-corrected chi connectivity index (χ1v) is 8.32. The summed E-state index contributed by atoms with van der Waals surface area (Å²) in [6.45, 7) is 6.62. The molecule has 0 radical (unpaired) electrons. The fourth-order valence-corrected chi connectivity index (χ4v) is 3.22. The minimum atomic E-state index is -0.166. The number of nitrogens with zero attached hydrogens (tertiary/aromatic N) is 3. The number of aromatic nitrogens is 2. The average molecular weight is 330 g/mol. The first-order chi connectivity index (χ1) is 11.0. The number of carbonyl (C=O) groups is 1. The number of rotatable bonds is 3. The second-order valence-corrected chi connectivity index (χ2v) is 6.40. The van der Waals surface area contributed by atoms with E-state index in [9.17, 15) is 4.79 Å².